The van der Waals surface area contributed by atoms with E-state index >= 15 is 0 Å². The van der Waals surface area contributed by atoms with Gasteiger partial charge in [-0.25, -0.2) is 4.99 Å². The normalized spacial score (nSPS) is 13.3. The average Bonchev–Trinajstić information content (AvgIpc) is 2.49. The van der Waals surface area contributed by atoms with Gasteiger partial charge in [-0.05, 0) is 34.1 Å². The summed E-state index contributed by atoms with van der Waals surface area (Å²) in [6.07, 6.45) is 0.933. The van der Waals surface area contributed by atoms with Crippen molar-refractivity contribution in [2.75, 3.05) is 33.7 Å². The van der Waals surface area contributed by atoms with Crippen molar-refractivity contribution in [3.05, 3.63) is 0 Å². The lowest BCUT2D eigenvalue weighted by molar-refractivity contribution is -0.129. The maximum atomic E-state index is 12.0. The molecule has 134 valence electrons. The summed E-state index contributed by atoms with van der Waals surface area (Å²) in [6.45, 7) is 10.8. The van der Waals surface area contributed by atoms with Crippen molar-refractivity contribution in [2.45, 2.75) is 47.1 Å². The van der Waals surface area contributed by atoms with Crippen molar-refractivity contribution in [3.63, 3.8) is 0 Å². The zero-order valence-corrected chi connectivity index (χ0v) is 15.6. The van der Waals surface area contributed by atoms with Crippen molar-refractivity contribution in [2.24, 2.45) is 10.4 Å². The van der Waals surface area contributed by atoms with Crippen LogP contribution < -0.4 is 16.0 Å². The zero-order chi connectivity index (χ0) is 18.0. The second-order valence-corrected chi connectivity index (χ2v) is 6.50. The van der Waals surface area contributed by atoms with Crippen LogP contribution in [0.5, 0.6) is 0 Å². The average molecular weight is 327 g/mol. The van der Waals surface area contributed by atoms with E-state index < -0.39 is 5.41 Å². The number of nitrogens with one attached hydrogen (secondary N) is 3. The standard InChI is InChI=1S/C16H33N5O2/c1-8-12(3)20-15(18-10-13(22)21(6)7)19-11-16(4,5)14(23)17-9-2/h12H,8-11H2,1-7H3,(H,17,23)(H2,18,19,20). The molecule has 0 saturated heterocycles. The maximum absolute atomic E-state index is 12.0. The first-order valence-electron chi connectivity index (χ1n) is 8.17. The van der Waals surface area contributed by atoms with Gasteiger partial charge in [0, 0.05) is 33.2 Å². The van der Waals surface area contributed by atoms with E-state index in [4.69, 9.17) is 0 Å². The van der Waals surface area contributed by atoms with Crippen LogP contribution in [0.3, 0.4) is 0 Å². The molecule has 0 aromatic carbocycles. The summed E-state index contributed by atoms with van der Waals surface area (Å²) in [5, 5.41) is 9.23. The molecule has 0 bridgehead atoms. The third-order valence-electron chi connectivity index (χ3n) is 3.52. The van der Waals surface area contributed by atoms with E-state index in [0.29, 0.717) is 19.0 Å². The molecule has 0 aromatic heterocycles. The second kappa shape index (κ2) is 10.1. The fourth-order valence-electron chi connectivity index (χ4n) is 1.56. The Kier molecular flexibility index (Phi) is 9.29. The number of nitrogens with zero attached hydrogens (tertiary/aromatic N) is 2. The summed E-state index contributed by atoms with van der Waals surface area (Å²) in [6, 6.07) is 0.225. The molecule has 7 nitrogen and oxygen atoms in total. The van der Waals surface area contributed by atoms with E-state index in [1.54, 1.807) is 14.1 Å². The van der Waals surface area contributed by atoms with Crippen LogP contribution in [0.4, 0.5) is 0 Å². The molecule has 0 aliphatic heterocycles. The van der Waals surface area contributed by atoms with Crippen LogP contribution in [0.25, 0.3) is 0 Å². The van der Waals surface area contributed by atoms with Crippen molar-refractivity contribution in [3.8, 4) is 0 Å². The van der Waals surface area contributed by atoms with Gasteiger partial charge in [0.1, 0.15) is 6.54 Å². The van der Waals surface area contributed by atoms with Crippen molar-refractivity contribution < 1.29 is 9.59 Å². The van der Waals surface area contributed by atoms with Gasteiger partial charge in [0.15, 0.2) is 5.96 Å². The molecule has 0 spiro atoms. The number of carbonyl (C=O) groups excluding carboxylic acids is 2. The third-order valence-corrected chi connectivity index (χ3v) is 3.52. The molecule has 3 N–H and O–H groups in total. The SMILES string of the molecule is CCNC(=O)C(C)(C)CNC(=NCC(=O)N(C)C)NC(C)CC. The fraction of sp³-hybridized carbons (Fsp3) is 0.812. The summed E-state index contributed by atoms with van der Waals surface area (Å²) in [4.78, 5) is 29.6. The van der Waals surface area contributed by atoms with Gasteiger partial charge in [-0.2, -0.15) is 0 Å². The maximum Gasteiger partial charge on any atom is 0.243 e. The van der Waals surface area contributed by atoms with Crippen LogP contribution >= 0.6 is 0 Å². The Labute approximate surface area is 140 Å². The topological polar surface area (TPSA) is 85.8 Å². The molecule has 1 atom stereocenters. The number of likely N-dealkylation sites (N-methyl/N-ethyl adjacent to an activating group) is 1. The van der Waals surface area contributed by atoms with Gasteiger partial charge < -0.3 is 20.9 Å². The lowest BCUT2D eigenvalue weighted by atomic mass is 9.92. The Morgan fingerprint density at radius 3 is 2.26 bits per heavy atom. The summed E-state index contributed by atoms with van der Waals surface area (Å²) in [5.74, 6) is 0.463. The first kappa shape index (κ1) is 21.2. The van der Waals surface area contributed by atoms with E-state index in [1.807, 2.05) is 27.7 Å². The molecule has 1 unspecified atom stereocenters. The molecular formula is C16H33N5O2. The summed E-state index contributed by atoms with van der Waals surface area (Å²) in [7, 11) is 3.40. The van der Waals surface area contributed by atoms with Crippen molar-refractivity contribution in [1.29, 1.82) is 0 Å². The molecule has 0 fully saturated rings. The second-order valence-electron chi connectivity index (χ2n) is 6.50. The molecule has 0 heterocycles. The number of rotatable bonds is 8. The minimum Gasteiger partial charge on any atom is -0.356 e. The van der Waals surface area contributed by atoms with E-state index in [-0.39, 0.29) is 24.4 Å². The Balaban J connectivity index is 4.85. The fourth-order valence-corrected chi connectivity index (χ4v) is 1.56. The molecular weight excluding hydrogens is 294 g/mol. The quantitative estimate of drug-likeness (QED) is 0.449. The molecule has 0 saturated carbocycles. The highest BCUT2D eigenvalue weighted by molar-refractivity contribution is 5.86. The number of aliphatic imine (C=N–C) groups is 1. The number of hydrogen-bond donors (Lipinski definition) is 3. The van der Waals surface area contributed by atoms with Gasteiger partial charge in [0.05, 0.1) is 5.41 Å². The summed E-state index contributed by atoms with van der Waals surface area (Å²) < 4.78 is 0. The lowest BCUT2D eigenvalue weighted by Gasteiger charge is -2.26. The van der Waals surface area contributed by atoms with Crippen LogP contribution in [0.2, 0.25) is 0 Å². The van der Waals surface area contributed by atoms with Gasteiger partial charge in [0.25, 0.3) is 0 Å². The molecule has 7 heteroatoms. The van der Waals surface area contributed by atoms with E-state index in [0.717, 1.165) is 6.42 Å². The van der Waals surface area contributed by atoms with Crippen LogP contribution in [-0.2, 0) is 9.59 Å². The molecule has 0 aliphatic carbocycles. The lowest BCUT2D eigenvalue weighted by Crippen LogP contribution is -2.49. The number of carbonyl (C=O) groups is 2. The van der Waals surface area contributed by atoms with Gasteiger partial charge in [-0.1, -0.05) is 6.92 Å². The number of amides is 2. The highest BCUT2D eigenvalue weighted by Crippen LogP contribution is 2.13. The van der Waals surface area contributed by atoms with Gasteiger partial charge in [-0.3, -0.25) is 9.59 Å². The zero-order valence-electron chi connectivity index (χ0n) is 15.6. The Bertz CT molecular complexity index is 419. The highest BCUT2D eigenvalue weighted by atomic mass is 16.2. The molecule has 0 radical (unpaired) electrons. The molecule has 0 aromatic rings. The largest absolute Gasteiger partial charge is 0.356 e. The van der Waals surface area contributed by atoms with Gasteiger partial charge in [0.2, 0.25) is 11.8 Å². The molecule has 23 heavy (non-hydrogen) atoms. The summed E-state index contributed by atoms with van der Waals surface area (Å²) in [5.41, 5.74) is -0.570. The molecule has 2 amide bonds. The monoisotopic (exact) mass is 327 g/mol. The van der Waals surface area contributed by atoms with Crippen LogP contribution in [0.15, 0.2) is 4.99 Å². The Morgan fingerprint density at radius 1 is 1.17 bits per heavy atom. The first-order valence-corrected chi connectivity index (χ1v) is 8.17. The predicted octanol–water partition coefficient (Wildman–Crippen LogP) is 0.571. The van der Waals surface area contributed by atoms with Gasteiger partial charge >= 0.3 is 0 Å². The Morgan fingerprint density at radius 2 is 1.78 bits per heavy atom. The summed E-state index contributed by atoms with van der Waals surface area (Å²) >= 11 is 0. The number of guanidine groups is 1. The van der Waals surface area contributed by atoms with Crippen LogP contribution in [0.1, 0.15) is 41.0 Å². The number of hydrogen-bond acceptors (Lipinski definition) is 3. The highest BCUT2D eigenvalue weighted by Gasteiger charge is 2.27. The first-order chi connectivity index (χ1) is 10.6. The predicted molar refractivity (Wildman–Crippen MR) is 94.4 cm³/mol. The minimum absolute atomic E-state index is 0.0141. The third kappa shape index (κ3) is 8.42. The smallest absolute Gasteiger partial charge is 0.243 e. The Hall–Kier alpha value is -1.79. The van der Waals surface area contributed by atoms with E-state index in [1.165, 1.54) is 4.90 Å². The van der Waals surface area contributed by atoms with E-state index in [2.05, 4.69) is 27.9 Å². The van der Waals surface area contributed by atoms with Gasteiger partial charge in [-0.15, -0.1) is 0 Å². The van der Waals surface area contributed by atoms with Crippen LogP contribution in [-0.4, -0.2) is 62.4 Å². The molecule has 0 rings (SSSR count). The minimum atomic E-state index is -0.570. The van der Waals surface area contributed by atoms with Crippen molar-refractivity contribution >= 4 is 17.8 Å². The molecule has 0 aliphatic rings. The van der Waals surface area contributed by atoms with E-state index in [9.17, 15) is 9.59 Å². The van der Waals surface area contributed by atoms with Crippen LogP contribution in [0, 0.1) is 5.41 Å². The van der Waals surface area contributed by atoms with Crippen molar-refractivity contribution in [1.82, 2.24) is 20.9 Å².